The van der Waals surface area contributed by atoms with Crippen LogP contribution in [0.3, 0.4) is 0 Å². The van der Waals surface area contributed by atoms with Crippen LogP contribution in [0.5, 0.6) is 0 Å². The molecule has 1 saturated heterocycles. The monoisotopic (exact) mass is 458 g/mol. The van der Waals surface area contributed by atoms with Crippen molar-refractivity contribution in [2.24, 2.45) is 5.92 Å². The summed E-state index contributed by atoms with van der Waals surface area (Å²) < 4.78 is 7.15. The van der Waals surface area contributed by atoms with Crippen LogP contribution >= 0.6 is 35.0 Å². The Morgan fingerprint density at radius 3 is 2.75 bits per heavy atom. The molecule has 3 nitrogen and oxygen atoms in total. The van der Waals surface area contributed by atoms with E-state index in [0.29, 0.717) is 12.1 Å². The molecule has 130 valence electrons. The fourth-order valence-electron chi connectivity index (χ4n) is 4.07. The minimum Gasteiger partial charge on any atom is -0.379 e. The molecule has 1 aromatic carbocycles. The number of hydrogen-bond acceptors (Lipinski definition) is 3. The summed E-state index contributed by atoms with van der Waals surface area (Å²) in [6, 6.07) is 9.37. The van der Waals surface area contributed by atoms with Crippen LogP contribution in [0.25, 0.3) is 10.9 Å². The highest BCUT2D eigenvalue weighted by Crippen LogP contribution is 2.42. The molecular weight excluding hydrogens is 435 g/mol. The number of benzene rings is 1. The van der Waals surface area contributed by atoms with Crippen molar-refractivity contribution in [3.63, 3.8) is 0 Å². The Balaban J connectivity index is 0.00000169. The molecule has 5 heteroatoms. The van der Waals surface area contributed by atoms with Gasteiger partial charge in [-0.2, -0.15) is 0 Å². The Kier molecular flexibility index (Phi) is 5.57. The third kappa shape index (κ3) is 3.37. The SMILES string of the molecule is CO[C@@H](C1CC1)[C@@H]1CCCN1c1cc(C)nc2cc(I)ccc12.Cl. The van der Waals surface area contributed by atoms with Crippen molar-refractivity contribution in [1.29, 1.82) is 0 Å². The van der Waals surface area contributed by atoms with Gasteiger partial charge in [-0.1, -0.05) is 0 Å². The van der Waals surface area contributed by atoms with Gasteiger partial charge in [-0.3, -0.25) is 4.98 Å². The second-order valence-electron chi connectivity index (χ2n) is 6.88. The third-order valence-electron chi connectivity index (χ3n) is 5.22. The summed E-state index contributed by atoms with van der Waals surface area (Å²) in [7, 11) is 1.89. The lowest BCUT2D eigenvalue weighted by atomic mass is 10.0. The maximum Gasteiger partial charge on any atom is 0.0802 e. The summed E-state index contributed by atoms with van der Waals surface area (Å²) in [5, 5.41) is 1.27. The van der Waals surface area contributed by atoms with E-state index in [0.717, 1.165) is 23.7 Å². The number of aromatic nitrogens is 1. The minimum absolute atomic E-state index is 0. The van der Waals surface area contributed by atoms with Gasteiger partial charge in [0.1, 0.15) is 0 Å². The second-order valence-corrected chi connectivity index (χ2v) is 8.13. The molecule has 1 aromatic heterocycles. The van der Waals surface area contributed by atoms with Crippen LogP contribution in [-0.4, -0.2) is 30.8 Å². The number of anilines is 1. The zero-order valence-electron chi connectivity index (χ0n) is 14.2. The van der Waals surface area contributed by atoms with Crippen LogP contribution in [0.2, 0.25) is 0 Å². The molecule has 24 heavy (non-hydrogen) atoms. The predicted octanol–water partition coefficient (Wildman–Crippen LogP) is 4.96. The van der Waals surface area contributed by atoms with Crippen molar-refractivity contribution in [2.45, 2.75) is 44.8 Å². The van der Waals surface area contributed by atoms with Crippen molar-refractivity contribution < 1.29 is 4.74 Å². The fourth-order valence-corrected chi connectivity index (χ4v) is 4.55. The summed E-state index contributed by atoms with van der Waals surface area (Å²) in [5.74, 6) is 0.765. The molecule has 2 heterocycles. The summed E-state index contributed by atoms with van der Waals surface area (Å²) in [5.41, 5.74) is 3.55. The highest BCUT2D eigenvalue weighted by atomic mass is 127. The molecule has 4 rings (SSSR count). The molecule has 0 unspecified atom stereocenters. The fraction of sp³-hybridized carbons (Fsp3) is 0.526. The number of fused-ring (bicyclic) bond motifs is 1. The third-order valence-corrected chi connectivity index (χ3v) is 5.90. The first-order chi connectivity index (χ1) is 11.2. The Hall–Kier alpha value is -0.590. The molecule has 0 bridgehead atoms. The molecule has 0 radical (unpaired) electrons. The number of pyridine rings is 1. The van der Waals surface area contributed by atoms with Gasteiger partial charge in [-0.15, -0.1) is 12.4 Å². The number of ether oxygens (including phenoxy) is 1. The lowest BCUT2D eigenvalue weighted by molar-refractivity contribution is 0.0637. The molecule has 0 amide bonds. The Morgan fingerprint density at radius 1 is 1.25 bits per heavy atom. The maximum absolute atomic E-state index is 5.91. The molecule has 2 aromatic rings. The molecule has 0 spiro atoms. The van der Waals surface area contributed by atoms with E-state index in [4.69, 9.17) is 9.72 Å². The summed E-state index contributed by atoms with van der Waals surface area (Å²) in [6.07, 6.45) is 5.53. The van der Waals surface area contributed by atoms with Crippen molar-refractivity contribution >= 4 is 51.6 Å². The van der Waals surface area contributed by atoms with E-state index in [-0.39, 0.29) is 12.4 Å². The van der Waals surface area contributed by atoms with E-state index in [9.17, 15) is 0 Å². The topological polar surface area (TPSA) is 25.4 Å². The van der Waals surface area contributed by atoms with Crippen LogP contribution in [0.4, 0.5) is 5.69 Å². The highest BCUT2D eigenvalue weighted by Gasteiger charge is 2.41. The number of methoxy groups -OCH3 is 1. The molecular formula is C19H24ClIN2O. The van der Waals surface area contributed by atoms with Gasteiger partial charge >= 0.3 is 0 Å². The van der Waals surface area contributed by atoms with Gasteiger partial charge in [-0.25, -0.2) is 0 Å². The summed E-state index contributed by atoms with van der Waals surface area (Å²) in [4.78, 5) is 7.34. The molecule has 2 aliphatic rings. The second kappa shape index (κ2) is 7.34. The number of rotatable bonds is 4. The zero-order chi connectivity index (χ0) is 16.0. The van der Waals surface area contributed by atoms with E-state index < -0.39 is 0 Å². The first-order valence-electron chi connectivity index (χ1n) is 8.53. The normalized spacial score (nSPS) is 21.8. The Labute approximate surface area is 163 Å². The summed E-state index contributed by atoms with van der Waals surface area (Å²) >= 11 is 2.36. The average Bonchev–Trinajstić information content (AvgIpc) is 3.24. The van der Waals surface area contributed by atoms with E-state index in [2.05, 4.69) is 58.7 Å². The standard InChI is InChI=1S/C19H23IN2O.ClH/c1-12-10-18(15-8-7-14(20)11-16(15)21-12)22-9-3-4-17(22)19(23-2)13-5-6-13;/h7-8,10-11,13,17,19H,3-6,9H2,1-2H3;1H/t17-,19-;/m0./s1. The number of halogens is 2. The summed E-state index contributed by atoms with van der Waals surface area (Å²) in [6.45, 7) is 3.23. The first-order valence-corrected chi connectivity index (χ1v) is 9.61. The maximum atomic E-state index is 5.91. The van der Waals surface area contributed by atoms with Gasteiger partial charge in [0.05, 0.1) is 17.7 Å². The Bertz CT molecular complexity index is 729. The molecule has 1 aliphatic heterocycles. The van der Waals surface area contributed by atoms with Crippen LogP contribution in [0.15, 0.2) is 24.3 Å². The largest absolute Gasteiger partial charge is 0.379 e. The number of nitrogens with zero attached hydrogens (tertiary/aromatic N) is 2. The highest BCUT2D eigenvalue weighted by molar-refractivity contribution is 14.1. The molecule has 1 saturated carbocycles. The first kappa shape index (κ1) is 18.2. The van der Waals surface area contributed by atoms with Gasteiger partial charge in [0.15, 0.2) is 0 Å². The Morgan fingerprint density at radius 2 is 2.04 bits per heavy atom. The molecule has 0 N–H and O–H groups in total. The molecule has 1 aliphatic carbocycles. The van der Waals surface area contributed by atoms with E-state index in [1.165, 1.54) is 40.3 Å². The van der Waals surface area contributed by atoms with Gasteiger partial charge in [0.25, 0.3) is 0 Å². The number of hydrogen-bond donors (Lipinski definition) is 0. The van der Waals surface area contributed by atoms with Crippen molar-refractivity contribution in [3.05, 3.63) is 33.5 Å². The van der Waals surface area contributed by atoms with Crippen molar-refractivity contribution in [1.82, 2.24) is 4.98 Å². The van der Waals surface area contributed by atoms with Crippen LogP contribution in [0.1, 0.15) is 31.4 Å². The van der Waals surface area contributed by atoms with Crippen molar-refractivity contribution in [3.8, 4) is 0 Å². The smallest absolute Gasteiger partial charge is 0.0802 e. The van der Waals surface area contributed by atoms with Gasteiger partial charge in [0, 0.05) is 34.0 Å². The molecule has 2 fully saturated rings. The van der Waals surface area contributed by atoms with Crippen LogP contribution in [-0.2, 0) is 4.74 Å². The predicted molar refractivity (Wildman–Crippen MR) is 110 cm³/mol. The van der Waals surface area contributed by atoms with Crippen molar-refractivity contribution in [2.75, 3.05) is 18.6 Å². The minimum atomic E-state index is 0. The van der Waals surface area contributed by atoms with E-state index in [1.807, 2.05) is 7.11 Å². The van der Waals surface area contributed by atoms with Gasteiger partial charge in [0.2, 0.25) is 0 Å². The van der Waals surface area contributed by atoms with Crippen LogP contribution < -0.4 is 4.90 Å². The molecule has 2 atom stereocenters. The average molecular weight is 459 g/mol. The number of aryl methyl sites for hydroxylation is 1. The van der Waals surface area contributed by atoms with Gasteiger partial charge in [-0.05, 0) is 85.4 Å². The van der Waals surface area contributed by atoms with Gasteiger partial charge < -0.3 is 9.64 Å². The van der Waals surface area contributed by atoms with E-state index in [1.54, 1.807) is 0 Å². The van der Waals surface area contributed by atoms with E-state index >= 15 is 0 Å². The van der Waals surface area contributed by atoms with Crippen LogP contribution in [0, 0.1) is 16.4 Å². The zero-order valence-corrected chi connectivity index (χ0v) is 17.1. The lowest BCUT2D eigenvalue weighted by Gasteiger charge is -2.33. The quantitative estimate of drug-likeness (QED) is 0.605. The lowest BCUT2D eigenvalue weighted by Crippen LogP contribution is -2.41.